The van der Waals surface area contributed by atoms with Gasteiger partial charge in [0.15, 0.2) is 11.5 Å². The van der Waals surface area contributed by atoms with E-state index in [0.29, 0.717) is 18.2 Å². The normalized spacial score (nSPS) is 24.8. The predicted molar refractivity (Wildman–Crippen MR) is 133 cm³/mol. The highest BCUT2D eigenvalue weighted by Gasteiger charge is 2.55. The molecule has 6 nitrogen and oxygen atoms in total. The number of carbonyl (C=O) groups excluding carboxylic acids is 1. The fraction of sp³-hybridized carbons (Fsp3) is 0.480. The summed E-state index contributed by atoms with van der Waals surface area (Å²) in [5.41, 5.74) is 3.02. The number of rotatable bonds is 6. The van der Waals surface area contributed by atoms with Crippen LogP contribution in [0.25, 0.3) is 0 Å². The number of hydrogen-bond donors (Lipinski definition) is 2. The van der Waals surface area contributed by atoms with Crippen molar-refractivity contribution >= 4 is 28.5 Å². The SMILES string of the molecule is COc1cccc(CC(=O)NCC2Oc3c(O)ccc(CI)c3C23CCN(C)CC3C)c1. The number of piperidine rings is 1. The van der Waals surface area contributed by atoms with Crippen LogP contribution in [0.3, 0.4) is 0 Å². The summed E-state index contributed by atoms with van der Waals surface area (Å²) in [4.78, 5) is 15.1. The van der Waals surface area contributed by atoms with Crippen molar-refractivity contribution in [2.45, 2.75) is 35.7 Å². The van der Waals surface area contributed by atoms with Gasteiger partial charge in [0.1, 0.15) is 11.9 Å². The number of alkyl halides is 1. The minimum absolute atomic E-state index is 0.0492. The first-order chi connectivity index (χ1) is 15.4. The lowest BCUT2D eigenvalue weighted by atomic mass is 9.63. The molecular weight excluding hydrogens is 519 g/mol. The van der Waals surface area contributed by atoms with E-state index in [2.05, 4.69) is 46.8 Å². The molecule has 2 heterocycles. The molecule has 7 heteroatoms. The van der Waals surface area contributed by atoms with Gasteiger partial charge in [-0.1, -0.05) is 47.7 Å². The number of halogens is 1. The second-order valence-electron chi connectivity index (χ2n) is 8.97. The van der Waals surface area contributed by atoms with Gasteiger partial charge in [0.25, 0.3) is 0 Å². The van der Waals surface area contributed by atoms with Gasteiger partial charge in [0, 0.05) is 22.0 Å². The third-order valence-corrected chi connectivity index (χ3v) is 7.84. The summed E-state index contributed by atoms with van der Waals surface area (Å²) in [6.07, 6.45) is 0.999. The molecule has 0 saturated carbocycles. The lowest BCUT2D eigenvalue weighted by Crippen LogP contribution is -2.56. The molecule has 2 aliphatic rings. The summed E-state index contributed by atoms with van der Waals surface area (Å²) in [6, 6.07) is 11.3. The molecule has 0 aliphatic carbocycles. The molecular formula is C25H31IN2O4. The second kappa shape index (κ2) is 9.47. The molecule has 1 amide bonds. The average molecular weight is 550 g/mol. The molecule has 2 N–H and O–H groups in total. The highest BCUT2D eigenvalue weighted by atomic mass is 127. The van der Waals surface area contributed by atoms with Crippen LogP contribution in [0.15, 0.2) is 36.4 Å². The van der Waals surface area contributed by atoms with Crippen LogP contribution in [-0.2, 0) is 21.1 Å². The molecule has 3 atom stereocenters. The van der Waals surface area contributed by atoms with Crippen LogP contribution in [0, 0.1) is 5.92 Å². The zero-order valence-corrected chi connectivity index (χ0v) is 21.0. The number of fused-ring (bicyclic) bond motifs is 2. The summed E-state index contributed by atoms with van der Waals surface area (Å²) < 4.78 is 12.5. The van der Waals surface area contributed by atoms with Gasteiger partial charge in [-0.2, -0.15) is 0 Å². The summed E-state index contributed by atoms with van der Waals surface area (Å²) in [7, 11) is 3.77. The molecule has 1 saturated heterocycles. The van der Waals surface area contributed by atoms with Crippen LogP contribution in [0.1, 0.15) is 30.0 Å². The quantitative estimate of drug-likeness (QED) is 0.425. The molecule has 4 rings (SSSR count). The number of nitrogens with one attached hydrogen (secondary N) is 1. The molecule has 0 bridgehead atoms. The maximum atomic E-state index is 12.8. The maximum absolute atomic E-state index is 12.8. The van der Waals surface area contributed by atoms with Crippen LogP contribution in [-0.4, -0.2) is 55.8 Å². The second-order valence-corrected chi connectivity index (χ2v) is 9.74. The number of methoxy groups -OCH3 is 1. The smallest absolute Gasteiger partial charge is 0.224 e. The monoisotopic (exact) mass is 550 g/mol. The van der Waals surface area contributed by atoms with Crippen LogP contribution in [0.2, 0.25) is 0 Å². The summed E-state index contributed by atoms with van der Waals surface area (Å²) >= 11 is 2.38. The Morgan fingerprint density at radius 3 is 2.91 bits per heavy atom. The summed E-state index contributed by atoms with van der Waals surface area (Å²) in [6.45, 7) is 4.58. The highest BCUT2D eigenvalue weighted by Crippen LogP contribution is 2.56. The Kier molecular flexibility index (Phi) is 6.86. The van der Waals surface area contributed by atoms with Crippen LogP contribution in [0.5, 0.6) is 17.2 Å². The van der Waals surface area contributed by atoms with E-state index in [-0.39, 0.29) is 29.6 Å². The van der Waals surface area contributed by atoms with Crippen molar-refractivity contribution in [3.05, 3.63) is 53.1 Å². The fourth-order valence-corrected chi connectivity index (χ4v) is 6.05. The number of phenolic OH excluding ortho intramolecular Hbond substituents is 1. The molecule has 2 aromatic carbocycles. The zero-order chi connectivity index (χ0) is 22.9. The first-order valence-corrected chi connectivity index (χ1v) is 12.6. The van der Waals surface area contributed by atoms with E-state index in [9.17, 15) is 9.90 Å². The number of aromatic hydroxyl groups is 1. The number of benzene rings is 2. The molecule has 3 unspecified atom stereocenters. The number of amides is 1. The van der Waals surface area contributed by atoms with E-state index in [1.54, 1.807) is 13.2 Å². The number of phenols is 1. The van der Waals surface area contributed by atoms with E-state index < -0.39 is 0 Å². The Morgan fingerprint density at radius 1 is 1.38 bits per heavy atom. The number of carbonyl (C=O) groups is 1. The van der Waals surface area contributed by atoms with Crippen molar-refractivity contribution in [1.29, 1.82) is 0 Å². The van der Waals surface area contributed by atoms with Gasteiger partial charge < -0.3 is 24.8 Å². The third kappa shape index (κ3) is 4.17. The molecule has 32 heavy (non-hydrogen) atoms. The van der Waals surface area contributed by atoms with Gasteiger partial charge >= 0.3 is 0 Å². The molecule has 172 valence electrons. The zero-order valence-electron chi connectivity index (χ0n) is 18.9. The molecule has 0 radical (unpaired) electrons. The lowest BCUT2D eigenvalue weighted by molar-refractivity contribution is -0.121. The van der Waals surface area contributed by atoms with Crippen LogP contribution >= 0.6 is 22.6 Å². The molecule has 0 aromatic heterocycles. The van der Waals surface area contributed by atoms with Gasteiger partial charge in [-0.05, 0) is 55.3 Å². The Labute approximate surface area is 203 Å². The van der Waals surface area contributed by atoms with Gasteiger partial charge in [0.05, 0.1) is 20.1 Å². The van der Waals surface area contributed by atoms with Crippen molar-refractivity contribution in [3.8, 4) is 17.2 Å². The van der Waals surface area contributed by atoms with Crippen molar-refractivity contribution < 1.29 is 19.4 Å². The number of ether oxygens (including phenoxy) is 2. The Hall–Kier alpha value is -2.00. The van der Waals surface area contributed by atoms with Crippen molar-refractivity contribution in [1.82, 2.24) is 10.2 Å². The number of likely N-dealkylation sites (tertiary alicyclic amines) is 1. The number of hydrogen-bond acceptors (Lipinski definition) is 5. The van der Waals surface area contributed by atoms with E-state index in [1.165, 1.54) is 5.56 Å². The summed E-state index contributed by atoms with van der Waals surface area (Å²) in [5, 5.41) is 13.7. The topological polar surface area (TPSA) is 71.0 Å². The minimum Gasteiger partial charge on any atom is -0.504 e. The fourth-order valence-electron chi connectivity index (χ4n) is 5.42. The van der Waals surface area contributed by atoms with Gasteiger partial charge in [-0.25, -0.2) is 0 Å². The van der Waals surface area contributed by atoms with Gasteiger partial charge in [0.2, 0.25) is 5.91 Å². The van der Waals surface area contributed by atoms with E-state index in [1.807, 2.05) is 30.3 Å². The Balaban J connectivity index is 1.57. The highest BCUT2D eigenvalue weighted by molar-refractivity contribution is 14.1. The average Bonchev–Trinajstić information content (AvgIpc) is 3.12. The van der Waals surface area contributed by atoms with Gasteiger partial charge in [-0.3, -0.25) is 4.79 Å². The van der Waals surface area contributed by atoms with E-state index in [0.717, 1.165) is 40.8 Å². The maximum Gasteiger partial charge on any atom is 0.224 e. The first kappa shape index (κ1) is 23.2. The minimum atomic E-state index is -0.232. The van der Waals surface area contributed by atoms with Crippen molar-refractivity contribution in [3.63, 3.8) is 0 Å². The van der Waals surface area contributed by atoms with Crippen LogP contribution in [0.4, 0.5) is 0 Å². The Bertz CT molecular complexity index is 998. The van der Waals surface area contributed by atoms with E-state index >= 15 is 0 Å². The van der Waals surface area contributed by atoms with E-state index in [4.69, 9.17) is 9.47 Å². The van der Waals surface area contributed by atoms with Crippen LogP contribution < -0.4 is 14.8 Å². The first-order valence-electron chi connectivity index (χ1n) is 11.0. The Morgan fingerprint density at radius 2 is 2.19 bits per heavy atom. The lowest BCUT2D eigenvalue weighted by Gasteiger charge is -2.46. The standard InChI is InChI=1S/C25H31IN2O4/c1-16-15-28(2)10-9-25(16)21(32-24-20(29)8-7-18(13-26)23(24)25)14-27-22(30)12-17-5-4-6-19(11-17)31-3/h4-8,11,16,21,29H,9-10,12-15H2,1-3H3,(H,27,30). The van der Waals surface area contributed by atoms with Crippen molar-refractivity contribution in [2.24, 2.45) is 5.92 Å². The molecule has 1 spiro atoms. The number of nitrogens with zero attached hydrogens (tertiary/aromatic N) is 1. The van der Waals surface area contributed by atoms with Crippen molar-refractivity contribution in [2.75, 3.05) is 33.8 Å². The largest absolute Gasteiger partial charge is 0.504 e. The molecule has 2 aromatic rings. The summed E-state index contributed by atoms with van der Waals surface area (Å²) in [5.74, 6) is 1.80. The predicted octanol–water partition coefficient (Wildman–Crippen LogP) is 3.67. The molecule has 2 aliphatic heterocycles. The van der Waals surface area contributed by atoms with Gasteiger partial charge in [-0.15, -0.1) is 0 Å². The molecule has 1 fully saturated rings. The third-order valence-electron chi connectivity index (χ3n) is 7.02.